The Labute approximate surface area is 112 Å². The highest BCUT2D eigenvalue weighted by atomic mass is 32.2. The van der Waals surface area contributed by atoms with Gasteiger partial charge >= 0.3 is 0 Å². The molecule has 1 amide bonds. The Morgan fingerprint density at radius 2 is 2.11 bits per heavy atom. The van der Waals surface area contributed by atoms with Crippen LogP contribution in [0.5, 0.6) is 0 Å². The Morgan fingerprint density at radius 1 is 1.50 bits per heavy atom. The number of hydrogen-bond acceptors (Lipinski definition) is 5. The average molecular weight is 271 g/mol. The molecule has 1 aromatic heterocycles. The Hall–Kier alpha value is -1.24. The fraction of sp³-hybridized carbons (Fsp3) is 0.727. The Kier molecular flexibility index (Phi) is 4.61. The molecule has 0 spiro atoms. The molecule has 0 bridgehead atoms. The molecule has 0 unspecified atom stereocenters. The van der Waals surface area contributed by atoms with E-state index in [-0.39, 0.29) is 16.6 Å². The maximum atomic E-state index is 11.6. The molecule has 0 aliphatic heterocycles. The molecule has 18 heavy (non-hydrogen) atoms. The van der Waals surface area contributed by atoms with Gasteiger partial charge in [0.05, 0.1) is 5.25 Å². The summed E-state index contributed by atoms with van der Waals surface area (Å²) in [7, 11) is 0. The Morgan fingerprint density at radius 3 is 2.56 bits per heavy atom. The standard InChI is InChI=1S/C11H21N5OS/c1-6-13-8(17)7(2)18-10-15-14-9(16(10)12)11(3,4)5/h7H,6,12H2,1-5H3,(H,13,17)/t7-/m0/s1. The summed E-state index contributed by atoms with van der Waals surface area (Å²) in [6, 6.07) is 0. The van der Waals surface area contributed by atoms with Crippen LogP contribution in [0.15, 0.2) is 5.16 Å². The number of nitrogens with zero attached hydrogens (tertiary/aromatic N) is 3. The number of aromatic nitrogens is 3. The number of nitrogens with one attached hydrogen (secondary N) is 1. The molecule has 0 saturated heterocycles. The van der Waals surface area contributed by atoms with Crippen LogP contribution in [0, 0.1) is 0 Å². The molecule has 3 N–H and O–H groups in total. The molecular formula is C11H21N5OS. The number of rotatable bonds is 4. The summed E-state index contributed by atoms with van der Waals surface area (Å²) in [5.41, 5.74) is -0.171. The van der Waals surface area contributed by atoms with Gasteiger partial charge in [-0.2, -0.15) is 0 Å². The summed E-state index contributed by atoms with van der Waals surface area (Å²) in [5, 5.41) is 11.2. The second-order valence-corrected chi connectivity index (χ2v) is 6.39. The second-order valence-electron chi connectivity index (χ2n) is 5.08. The number of amides is 1. The first-order chi connectivity index (χ1) is 8.27. The minimum Gasteiger partial charge on any atom is -0.355 e. The van der Waals surface area contributed by atoms with E-state index in [1.807, 2.05) is 34.6 Å². The van der Waals surface area contributed by atoms with E-state index in [2.05, 4.69) is 15.5 Å². The summed E-state index contributed by atoms with van der Waals surface area (Å²) >= 11 is 1.31. The van der Waals surface area contributed by atoms with E-state index in [4.69, 9.17) is 5.84 Å². The molecule has 0 radical (unpaired) electrons. The second kappa shape index (κ2) is 5.60. The predicted molar refractivity (Wildman–Crippen MR) is 72.9 cm³/mol. The smallest absolute Gasteiger partial charge is 0.233 e. The zero-order valence-electron chi connectivity index (χ0n) is 11.5. The first-order valence-electron chi connectivity index (χ1n) is 5.92. The molecule has 0 aromatic carbocycles. The highest BCUT2D eigenvalue weighted by Gasteiger charge is 2.25. The van der Waals surface area contributed by atoms with Crippen molar-refractivity contribution in [2.24, 2.45) is 0 Å². The summed E-state index contributed by atoms with van der Waals surface area (Å²) in [5.74, 6) is 6.63. The molecule has 6 nitrogen and oxygen atoms in total. The van der Waals surface area contributed by atoms with Gasteiger partial charge in [0.25, 0.3) is 0 Å². The number of thioether (sulfide) groups is 1. The van der Waals surface area contributed by atoms with Crippen LogP contribution in [-0.2, 0) is 10.2 Å². The molecule has 0 saturated carbocycles. The van der Waals surface area contributed by atoms with Crippen molar-refractivity contribution in [3.8, 4) is 0 Å². The van der Waals surface area contributed by atoms with Gasteiger partial charge < -0.3 is 11.2 Å². The molecule has 0 aliphatic rings. The lowest BCUT2D eigenvalue weighted by atomic mass is 9.96. The SMILES string of the molecule is CCNC(=O)[C@H](C)Sc1nnc(C(C)(C)C)n1N. The van der Waals surface area contributed by atoms with Crippen LogP contribution >= 0.6 is 11.8 Å². The maximum absolute atomic E-state index is 11.6. The molecule has 7 heteroatoms. The number of nitrogen functional groups attached to an aromatic ring is 1. The summed E-state index contributed by atoms with van der Waals surface area (Å²) in [6.07, 6.45) is 0. The van der Waals surface area contributed by atoms with Gasteiger partial charge in [-0.3, -0.25) is 4.79 Å². The van der Waals surface area contributed by atoms with Crippen LogP contribution in [0.3, 0.4) is 0 Å². The van der Waals surface area contributed by atoms with E-state index >= 15 is 0 Å². The van der Waals surface area contributed by atoms with Gasteiger partial charge in [-0.25, -0.2) is 4.68 Å². The van der Waals surface area contributed by atoms with E-state index < -0.39 is 0 Å². The third kappa shape index (κ3) is 3.38. The minimum atomic E-state index is -0.246. The van der Waals surface area contributed by atoms with E-state index in [0.717, 1.165) is 0 Å². The highest BCUT2D eigenvalue weighted by molar-refractivity contribution is 8.00. The summed E-state index contributed by atoms with van der Waals surface area (Å²) in [6.45, 7) is 10.4. The normalized spacial score (nSPS) is 13.4. The van der Waals surface area contributed by atoms with Gasteiger partial charge in [0, 0.05) is 12.0 Å². The van der Waals surface area contributed by atoms with Gasteiger partial charge in [-0.1, -0.05) is 32.5 Å². The number of carbonyl (C=O) groups excluding carboxylic acids is 1. The van der Waals surface area contributed by atoms with Crippen molar-refractivity contribution in [1.82, 2.24) is 20.2 Å². The maximum Gasteiger partial charge on any atom is 0.233 e. The molecule has 1 rings (SSSR count). The van der Waals surface area contributed by atoms with Gasteiger partial charge in [-0.15, -0.1) is 10.2 Å². The first kappa shape index (κ1) is 14.8. The van der Waals surface area contributed by atoms with Gasteiger partial charge in [0.2, 0.25) is 11.1 Å². The largest absolute Gasteiger partial charge is 0.355 e. The van der Waals surface area contributed by atoms with Crippen molar-refractivity contribution in [1.29, 1.82) is 0 Å². The third-order valence-electron chi connectivity index (χ3n) is 2.34. The molecular weight excluding hydrogens is 250 g/mol. The van der Waals surface area contributed by atoms with Gasteiger partial charge in [0.1, 0.15) is 0 Å². The van der Waals surface area contributed by atoms with Crippen molar-refractivity contribution >= 4 is 17.7 Å². The summed E-state index contributed by atoms with van der Waals surface area (Å²) in [4.78, 5) is 11.6. The van der Waals surface area contributed by atoms with Crippen molar-refractivity contribution in [2.45, 2.75) is 50.4 Å². The van der Waals surface area contributed by atoms with E-state index in [1.54, 1.807) is 0 Å². The summed E-state index contributed by atoms with van der Waals surface area (Å²) < 4.78 is 1.46. The van der Waals surface area contributed by atoms with E-state index in [9.17, 15) is 4.79 Å². The number of hydrogen-bond donors (Lipinski definition) is 2. The predicted octanol–water partition coefficient (Wildman–Crippen LogP) is 0.906. The van der Waals surface area contributed by atoms with Crippen LogP contribution in [0.25, 0.3) is 0 Å². The Bertz CT molecular complexity index is 424. The van der Waals surface area contributed by atoms with Crippen molar-refractivity contribution in [2.75, 3.05) is 12.4 Å². The monoisotopic (exact) mass is 271 g/mol. The third-order valence-corrected chi connectivity index (χ3v) is 3.39. The molecule has 0 fully saturated rings. The number of carbonyl (C=O) groups is 1. The number of nitrogens with two attached hydrogens (primary N) is 1. The quantitative estimate of drug-likeness (QED) is 0.628. The highest BCUT2D eigenvalue weighted by Crippen LogP contribution is 2.25. The van der Waals surface area contributed by atoms with Crippen LogP contribution in [0.2, 0.25) is 0 Å². The molecule has 102 valence electrons. The van der Waals surface area contributed by atoms with Crippen molar-refractivity contribution in [3.63, 3.8) is 0 Å². The zero-order chi connectivity index (χ0) is 13.9. The van der Waals surface area contributed by atoms with Crippen LogP contribution in [0.4, 0.5) is 0 Å². The molecule has 0 aliphatic carbocycles. The molecule has 1 aromatic rings. The first-order valence-corrected chi connectivity index (χ1v) is 6.80. The fourth-order valence-electron chi connectivity index (χ4n) is 1.40. The van der Waals surface area contributed by atoms with Gasteiger partial charge in [0.15, 0.2) is 5.82 Å². The lowest BCUT2D eigenvalue weighted by Gasteiger charge is -2.17. The van der Waals surface area contributed by atoms with Crippen LogP contribution in [-0.4, -0.2) is 32.6 Å². The Balaban J connectivity index is 2.81. The van der Waals surface area contributed by atoms with Crippen molar-refractivity contribution < 1.29 is 4.79 Å². The van der Waals surface area contributed by atoms with E-state index in [1.165, 1.54) is 16.4 Å². The average Bonchev–Trinajstić information content (AvgIpc) is 2.60. The van der Waals surface area contributed by atoms with Crippen LogP contribution in [0.1, 0.15) is 40.4 Å². The lowest BCUT2D eigenvalue weighted by Crippen LogP contribution is -2.31. The lowest BCUT2D eigenvalue weighted by molar-refractivity contribution is -0.120. The van der Waals surface area contributed by atoms with Crippen LogP contribution < -0.4 is 11.2 Å². The van der Waals surface area contributed by atoms with E-state index in [0.29, 0.717) is 17.5 Å². The van der Waals surface area contributed by atoms with Gasteiger partial charge in [-0.05, 0) is 13.8 Å². The van der Waals surface area contributed by atoms with Crippen molar-refractivity contribution in [3.05, 3.63) is 5.82 Å². The zero-order valence-corrected chi connectivity index (χ0v) is 12.3. The minimum absolute atomic E-state index is 0.0252. The molecule has 1 heterocycles. The topological polar surface area (TPSA) is 85.8 Å². The fourth-order valence-corrected chi connectivity index (χ4v) is 2.19. The molecule has 1 atom stereocenters.